The molecule has 0 spiro atoms. The van der Waals surface area contributed by atoms with Crippen LogP contribution in [0.5, 0.6) is 0 Å². The average molecular weight is 538 g/mol. The van der Waals surface area contributed by atoms with Crippen molar-refractivity contribution in [2.24, 2.45) is 0 Å². The molecule has 6 nitrogen and oxygen atoms in total. The molecule has 0 unspecified atom stereocenters. The summed E-state index contributed by atoms with van der Waals surface area (Å²) in [6.07, 6.45) is 9.11. The number of carboxylic acids is 3. The van der Waals surface area contributed by atoms with E-state index in [1.165, 1.54) is 0 Å². The molecule has 0 bridgehead atoms. The predicted octanol–water partition coefficient (Wildman–Crippen LogP) is 0.947. The summed E-state index contributed by atoms with van der Waals surface area (Å²) in [5, 5.41) is 29.3. The van der Waals surface area contributed by atoms with E-state index in [9.17, 15) is 29.7 Å². The van der Waals surface area contributed by atoms with Crippen molar-refractivity contribution < 1.29 is 49.8 Å². The fourth-order valence-corrected chi connectivity index (χ4v) is 1.56. The average Bonchev–Trinajstić information content (AvgIpc) is 2.48. The normalized spacial score (nSPS) is 8.76. The van der Waals surface area contributed by atoms with Crippen LogP contribution in [0.1, 0.15) is 97.8 Å². The van der Waals surface area contributed by atoms with Gasteiger partial charge < -0.3 is 29.7 Å². The van der Waals surface area contributed by atoms with E-state index in [1.807, 2.05) is 20.8 Å². The quantitative estimate of drug-likeness (QED) is 0.342. The number of aliphatic carboxylic acids is 3. The Bertz CT molecular complexity index is 260. The predicted molar refractivity (Wildman–Crippen MR) is 87.4 cm³/mol. The van der Waals surface area contributed by atoms with E-state index in [-0.39, 0.29) is 39.4 Å². The molecule has 0 aromatic heterocycles. The van der Waals surface area contributed by atoms with Crippen LogP contribution >= 0.6 is 0 Å². The molecule has 0 aromatic carbocycles. The van der Waals surface area contributed by atoms with Gasteiger partial charge in [-0.15, -0.1) is 0 Å². The van der Waals surface area contributed by atoms with E-state index in [1.54, 1.807) is 0 Å². The number of carboxylic acid groups (broad SMARTS) is 3. The summed E-state index contributed by atoms with van der Waals surface area (Å²) in [4.78, 5) is 29.3. The number of carbonyl (C=O) groups excluding carboxylic acids is 3. The molecule has 7 heteroatoms. The van der Waals surface area contributed by atoms with Crippen molar-refractivity contribution in [3.63, 3.8) is 0 Å². The van der Waals surface area contributed by atoms with Crippen LogP contribution in [0.15, 0.2) is 0 Å². The minimum Gasteiger partial charge on any atom is -0.550 e. The first-order valence-corrected chi connectivity index (χ1v) is 8.91. The second-order valence-corrected chi connectivity index (χ2v) is 5.49. The molecule has 0 aliphatic rings. The fraction of sp³-hybridized carbons (Fsp3) is 0.833. The Morgan fingerprint density at radius 1 is 0.520 bits per heavy atom. The summed E-state index contributed by atoms with van der Waals surface area (Å²) in [6, 6.07) is 0. The summed E-state index contributed by atoms with van der Waals surface area (Å²) in [5.41, 5.74) is 0. The maximum Gasteiger partial charge on any atom is 3.00 e. The van der Waals surface area contributed by atoms with Crippen molar-refractivity contribution in [1.29, 1.82) is 0 Å². The van der Waals surface area contributed by atoms with Gasteiger partial charge in [-0.05, 0) is 38.5 Å². The first-order chi connectivity index (χ1) is 11.3. The van der Waals surface area contributed by atoms with Crippen LogP contribution in [0.2, 0.25) is 0 Å². The van der Waals surface area contributed by atoms with Gasteiger partial charge in [0.1, 0.15) is 0 Å². The Balaban J connectivity index is -0.000000130. The van der Waals surface area contributed by atoms with Crippen LogP contribution in [0, 0.1) is 0 Å². The Hall–Kier alpha value is -0.941. The number of hydrogen-bond donors (Lipinski definition) is 0. The van der Waals surface area contributed by atoms with Crippen LogP contribution < -0.4 is 15.3 Å². The van der Waals surface area contributed by atoms with E-state index in [0.717, 1.165) is 57.8 Å². The van der Waals surface area contributed by atoms with E-state index in [0.29, 0.717) is 0 Å². The Kier molecular flexibility index (Phi) is 35.5. The van der Waals surface area contributed by atoms with Crippen LogP contribution in [-0.2, 0) is 34.5 Å². The zero-order valence-electron chi connectivity index (χ0n) is 15.8. The third-order valence-corrected chi connectivity index (χ3v) is 2.95. The minimum atomic E-state index is -0.932. The van der Waals surface area contributed by atoms with Gasteiger partial charge in [0.25, 0.3) is 0 Å². The number of unbranched alkanes of at least 4 members (excludes halogenated alkanes) is 6. The van der Waals surface area contributed by atoms with Gasteiger partial charge in [0.2, 0.25) is 0 Å². The molecule has 0 aromatic rings. The van der Waals surface area contributed by atoms with Crippen LogP contribution in [0.4, 0.5) is 0 Å². The molecule has 0 aliphatic carbocycles. The van der Waals surface area contributed by atoms with Crippen LogP contribution in [0.25, 0.3) is 0 Å². The van der Waals surface area contributed by atoms with E-state index < -0.39 is 17.9 Å². The zero-order valence-corrected chi connectivity index (χ0v) is 18.2. The largest absolute Gasteiger partial charge is 3.00 e. The number of carbonyl (C=O) groups is 3. The van der Waals surface area contributed by atoms with Gasteiger partial charge in [0, 0.05) is 17.9 Å². The van der Waals surface area contributed by atoms with Gasteiger partial charge >= 0.3 is 20.1 Å². The van der Waals surface area contributed by atoms with Gasteiger partial charge in [-0.25, -0.2) is 0 Å². The summed E-state index contributed by atoms with van der Waals surface area (Å²) < 4.78 is 0. The first kappa shape index (κ1) is 31.8. The zero-order chi connectivity index (χ0) is 19.2. The monoisotopic (exact) mass is 538 g/mol. The number of rotatable bonds is 12. The van der Waals surface area contributed by atoms with Gasteiger partial charge in [-0.1, -0.05) is 59.3 Å². The third-order valence-electron chi connectivity index (χ3n) is 2.95. The molecular weight excluding hydrogens is 504 g/mol. The molecule has 0 rings (SSSR count). The summed E-state index contributed by atoms with van der Waals surface area (Å²) in [6.45, 7) is 6.11. The van der Waals surface area contributed by atoms with Gasteiger partial charge in [0.05, 0.1) is 0 Å². The van der Waals surface area contributed by atoms with Crippen LogP contribution in [-0.4, -0.2) is 17.9 Å². The molecule has 0 heterocycles. The SMILES string of the molecule is CCCCCC(=O)[O-].CCCCCC(=O)[O-].CCCCCC(=O)[O-].[Ir+3]. The molecule has 0 fully saturated rings. The van der Waals surface area contributed by atoms with E-state index in [2.05, 4.69) is 0 Å². The maximum atomic E-state index is 9.76. The Morgan fingerprint density at radius 3 is 0.840 bits per heavy atom. The summed E-state index contributed by atoms with van der Waals surface area (Å²) in [5.74, 6) is -2.80. The molecular formula is C18H33IrO6. The molecule has 0 aliphatic heterocycles. The van der Waals surface area contributed by atoms with Crippen molar-refractivity contribution in [2.75, 3.05) is 0 Å². The summed E-state index contributed by atoms with van der Waals surface area (Å²) >= 11 is 0. The number of hydrogen-bond acceptors (Lipinski definition) is 6. The molecule has 0 amide bonds. The minimum absolute atomic E-state index is 0. The topological polar surface area (TPSA) is 120 Å². The van der Waals surface area contributed by atoms with Gasteiger partial charge in [-0.3, -0.25) is 0 Å². The molecule has 25 heavy (non-hydrogen) atoms. The van der Waals surface area contributed by atoms with Crippen molar-refractivity contribution in [2.45, 2.75) is 97.8 Å². The molecule has 0 atom stereocenters. The third kappa shape index (κ3) is 51.7. The van der Waals surface area contributed by atoms with E-state index >= 15 is 0 Å². The van der Waals surface area contributed by atoms with E-state index in [4.69, 9.17) is 0 Å². The second kappa shape index (κ2) is 27.9. The Morgan fingerprint density at radius 2 is 0.720 bits per heavy atom. The maximum absolute atomic E-state index is 9.76. The second-order valence-electron chi connectivity index (χ2n) is 5.49. The molecule has 0 saturated heterocycles. The first-order valence-electron chi connectivity index (χ1n) is 8.91. The van der Waals surface area contributed by atoms with Crippen LogP contribution in [0.3, 0.4) is 0 Å². The van der Waals surface area contributed by atoms with Gasteiger partial charge in [-0.2, -0.15) is 0 Å². The van der Waals surface area contributed by atoms with Crippen molar-refractivity contribution >= 4 is 17.9 Å². The Labute approximate surface area is 165 Å². The molecule has 0 N–H and O–H groups in total. The fourth-order valence-electron chi connectivity index (χ4n) is 1.56. The standard InChI is InChI=1S/3C6H12O2.Ir/c3*1-2-3-4-5-6(7)8;/h3*2-5H2,1H3,(H,7,8);/q;;;+3/p-3. The molecule has 150 valence electrons. The van der Waals surface area contributed by atoms with Crippen molar-refractivity contribution in [3.05, 3.63) is 0 Å². The van der Waals surface area contributed by atoms with Gasteiger partial charge in [0.15, 0.2) is 0 Å². The summed E-state index contributed by atoms with van der Waals surface area (Å²) in [7, 11) is 0. The molecule has 0 saturated carbocycles. The van der Waals surface area contributed by atoms with Crippen molar-refractivity contribution in [3.8, 4) is 0 Å². The smallest absolute Gasteiger partial charge is 0.550 e. The molecule has 0 radical (unpaired) electrons. The van der Waals surface area contributed by atoms with Crippen molar-refractivity contribution in [1.82, 2.24) is 0 Å².